The van der Waals surface area contributed by atoms with Crippen LogP contribution in [0.4, 0.5) is 5.69 Å². The Kier molecular flexibility index (Phi) is 5.53. The highest BCUT2D eigenvalue weighted by Crippen LogP contribution is 2.37. The molecule has 0 radical (unpaired) electrons. The molecule has 9 heteroatoms. The first-order valence-electron chi connectivity index (χ1n) is 10.1. The van der Waals surface area contributed by atoms with Gasteiger partial charge in [-0.1, -0.05) is 41.8 Å². The second-order valence-electron chi connectivity index (χ2n) is 7.88. The maximum Gasteiger partial charge on any atom is 0.261 e. The van der Waals surface area contributed by atoms with E-state index in [1.807, 2.05) is 19.1 Å². The van der Waals surface area contributed by atoms with Gasteiger partial charge in [0.05, 0.1) is 4.90 Å². The van der Waals surface area contributed by atoms with E-state index in [2.05, 4.69) is 20.2 Å². The Hall–Kier alpha value is -3.20. The Labute approximate surface area is 181 Å². The van der Waals surface area contributed by atoms with Crippen LogP contribution in [0.15, 0.2) is 57.9 Å². The first-order valence-corrected chi connectivity index (χ1v) is 11.6. The molecule has 0 bridgehead atoms. The molecule has 0 aliphatic heterocycles. The molecule has 0 spiro atoms. The van der Waals surface area contributed by atoms with Crippen LogP contribution in [0, 0.1) is 13.8 Å². The van der Waals surface area contributed by atoms with Crippen LogP contribution in [-0.4, -0.2) is 24.5 Å². The van der Waals surface area contributed by atoms with Crippen LogP contribution in [0.2, 0.25) is 0 Å². The fraction of sp³-hybridized carbons (Fsp3) is 0.318. The fourth-order valence-corrected chi connectivity index (χ4v) is 4.91. The van der Waals surface area contributed by atoms with Crippen LogP contribution in [-0.2, 0) is 15.6 Å². The summed E-state index contributed by atoms with van der Waals surface area (Å²) >= 11 is 0. The summed E-state index contributed by atoms with van der Waals surface area (Å²) in [6, 6.07) is 13.0. The van der Waals surface area contributed by atoms with Crippen LogP contribution < -0.4 is 10.0 Å². The van der Waals surface area contributed by atoms with Gasteiger partial charge in [-0.3, -0.25) is 9.52 Å². The van der Waals surface area contributed by atoms with Gasteiger partial charge in [-0.05, 0) is 50.1 Å². The molecule has 1 amide bonds. The normalized spacial score (nSPS) is 15.5. The average molecular weight is 441 g/mol. The van der Waals surface area contributed by atoms with E-state index in [-0.39, 0.29) is 16.4 Å². The first kappa shape index (κ1) is 21.0. The lowest BCUT2D eigenvalue weighted by molar-refractivity contribution is 0.0891. The molecule has 0 atom stereocenters. The van der Waals surface area contributed by atoms with E-state index >= 15 is 0 Å². The zero-order valence-corrected chi connectivity index (χ0v) is 18.2. The molecule has 2 aromatic carbocycles. The lowest BCUT2D eigenvalue weighted by Crippen LogP contribution is -2.44. The number of aromatic nitrogens is 2. The predicted octanol–water partition coefficient (Wildman–Crippen LogP) is 3.69. The van der Waals surface area contributed by atoms with Gasteiger partial charge < -0.3 is 9.84 Å². The molecule has 1 aromatic heterocycles. The third kappa shape index (κ3) is 4.46. The van der Waals surface area contributed by atoms with E-state index in [1.165, 1.54) is 12.1 Å². The van der Waals surface area contributed by atoms with Crippen LogP contribution in [0.5, 0.6) is 0 Å². The third-order valence-electron chi connectivity index (χ3n) is 5.48. The molecule has 1 fully saturated rings. The van der Waals surface area contributed by atoms with Gasteiger partial charge in [-0.15, -0.1) is 0 Å². The number of amides is 1. The molecular weight excluding hydrogens is 416 g/mol. The van der Waals surface area contributed by atoms with Crippen molar-refractivity contribution in [3.63, 3.8) is 0 Å². The minimum absolute atomic E-state index is 0.0107. The Morgan fingerprint density at radius 1 is 1.06 bits per heavy atom. The van der Waals surface area contributed by atoms with E-state index < -0.39 is 15.6 Å². The largest absolute Gasteiger partial charge is 0.340 e. The number of nitrogens with zero attached hydrogens (tertiary/aromatic N) is 2. The van der Waals surface area contributed by atoms with E-state index in [9.17, 15) is 13.2 Å². The van der Waals surface area contributed by atoms with Gasteiger partial charge in [0.15, 0.2) is 5.82 Å². The number of hydrogen-bond donors (Lipinski definition) is 2. The zero-order valence-electron chi connectivity index (χ0n) is 17.4. The lowest BCUT2D eigenvalue weighted by Gasteiger charge is -2.26. The maximum absolute atomic E-state index is 13.0. The predicted molar refractivity (Wildman–Crippen MR) is 115 cm³/mol. The van der Waals surface area contributed by atoms with Crippen LogP contribution >= 0.6 is 0 Å². The summed E-state index contributed by atoms with van der Waals surface area (Å²) in [4.78, 5) is 17.4. The lowest BCUT2D eigenvalue weighted by atomic mass is 9.96. The monoisotopic (exact) mass is 440 g/mol. The van der Waals surface area contributed by atoms with Gasteiger partial charge in [-0.2, -0.15) is 4.98 Å². The molecule has 1 saturated carbocycles. The summed E-state index contributed by atoms with van der Waals surface area (Å²) in [5.74, 6) is 0.517. The SMILES string of the molecule is Cc1ccc(NS(=O)(=O)c2cccc(C(=O)NC3(c4noc(C)n4)CCCC3)c2)cc1. The Bertz CT molecular complexity index is 1200. The highest BCUT2D eigenvalue weighted by atomic mass is 32.2. The fourth-order valence-electron chi connectivity index (χ4n) is 3.81. The van der Waals surface area contributed by atoms with Crippen molar-refractivity contribution >= 4 is 21.6 Å². The van der Waals surface area contributed by atoms with Gasteiger partial charge in [0, 0.05) is 18.2 Å². The summed E-state index contributed by atoms with van der Waals surface area (Å²) in [5.41, 5.74) is 1.03. The molecule has 1 aliphatic carbocycles. The summed E-state index contributed by atoms with van der Waals surface area (Å²) in [6.07, 6.45) is 3.26. The number of rotatable bonds is 6. The topological polar surface area (TPSA) is 114 Å². The van der Waals surface area contributed by atoms with Crippen molar-refractivity contribution in [3.05, 3.63) is 71.4 Å². The molecule has 3 aromatic rings. The number of nitrogens with one attached hydrogen (secondary N) is 2. The number of carbonyl (C=O) groups excluding carboxylic acids is 1. The highest BCUT2D eigenvalue weighted by molar-refractivity contribution is 7.92. The average Bonchev–Trinajstić information content (AvgIpc) is 3.40. The molecule has 31 heavy (non-hydrogen) atoms. The maximum atomic E-state index is 13.0. The number of hydrogen-bond acceptors (Lipinski definition) is 6. The zero-order chi connectivity index (χ0) is 22.1. The number of carbonyl (C=O) groups is 1. The van der Waals surface area contributed by atoms with Crippen molar-refractivity contribution in [2.45, 2.75) is 50.0 Å². The molecule has 8 nitrogen and oxygen atoms in total. The van der Waals surface area contributed by atoms with E-state index in [1.54, 1.807) is 31.2 Å². The van der Waals surface area contributed by atoms with Crippen molar-refractivity contribution in [2.24, 2.45) is 0 Å². The Balaban J connectivity index is 1.57. The molecule has 0 saturated heterocycles. The third-order valence-corrected chi connectivity index (χ3v) is 6.85. The minimum atomic E-state index is -3.84. The Morgan fingerprint density at radius 3 is 2.42 bits per heavy atom. The van der Waals surface area contributed by atoms with Crippen LogP contribution in [0.3, 0.4) is 0 Å². The Morgan fingerprint density at radius 2 is 1.77 bits per heavy atom. The van der Waals surface area contributed by atoms with Gasteiger partial charge in [0.1, 0.15) is 5.54 Å². The standard InChI is InChI=1S/C22H24N4O4S/c1-15-8-10-18(11-9-15)26-31(28,29)19-7-5-6-17(14-19)20(27)24-22(12-3-4-13-22)21-23-16(2)30-25-21/h5-11,14,26H,3-4,12-13H2,1-2H3,(H,24,27). The van der Waals surface area contributed by atoms with Gasteiger partial charge in [0.2, 0.25) is 5.89 Å². The van der Waals surface area contributed by atoms with Crippen LogP contribution in [0.25, 0.3) is 0 Å². The summed E-state index contributed by atoms with van der Waals surface area (Å²) in [6.45, 7) is 3.63. The number of sulfonamides is 1. The molecule has 1 aliphatic rings. The first-order chi connectivity index (χ1) is 14.8. The van der Waals surface area contributed by atoms with Gasteiger partial charge >= 0.3 is 0 Å². The van der Waals surface area contributed by atoms with Crippen molar-refractivity contribution < 1.29 is 17.7 Å². The minimum Gasteiger partial charge on any atom is -0.340 e. The van der Waals surface area contributed by atoms with E-state index in [0.717, 1.165) is 18.4 Å². The van der Waals surface area contributed by atoms with Gasteiger partial charge in [0.25, 0.3) is 15.9 Å². The second kappa shape index (κ2) is 8.14. The van der Waals surface area contributed by atoms with E-state index in [4.69, 9.17) is 4.52 Å². The summed E-state index contributed by atoms with van der Waals surface area (Å²) in [7, 11) is -3.84. The van der Waals surface area contributed by atoms with Crippen molar-refractivity contribution in [1.29, 1.82) is 0 Å². The quantitative estimate of drug-likeness (QED) is 0.604. The molecule has 0 unspecified atom stereocenters. The molecule has 4 rings (SSSR count). The van der Waals surface area contributed by atoms with Gasteiger partial charge in [-0.25, -0.2) is 8.42 Å². The smallest absolute Gasteiger partial charge is 0.261 e. The molecule has 2 N–H and O–H groups in total. The number of anilines is 1. The highest BCUT2D eigenvalue weighted by Gasteiger charge is 2.41. The molecule has 1 heterocycles. The molecular formula is C22H24N4O4S. The second-order valence-corrected chi connectivity index (χ2v) is 9.56. The molecule has 162 valence electrons. The number of aryl methyl sites for hydroxylation is 2. The number of benzene rings is 2. The van der Waals surface area contributed by atoms with Crippen molar-refractivity contribution in [2.75, 3.05) is 4.72 Å². The summed E-state index contributed by atoms with van der Waals surface area (Å²) in [5, 5.41) is 7.05. The van der Waals surface area contributed by atoms with Crippen LogP contribution in [0.1, 0.15) is 53.3 Å². The van der Waals surface area contributed by atoms with Crippen molar-refractivity contribution in [3.8, 4) is 0 Å². The summed E-state index contributed by atoms with van der Waals surface area (Å²) < 4.78 is 33.3. The van der Waals surface area contributed by atoms with E-state index in [0.29, 0.717) is 30.2 Å². The van der Waals surface area contributed by atoms with Crippen molar-refractivity contribution in [1.82, 2.24) is 15.5 Å².